The Morgan fingerprint density at radius 1 is 1.12 bits per heavy atom. The summed E-state index contributed by atoms with van der Waals surface area (Å²) in [7, 11) is -3.69. The van der Waals surface area contributed by atoms with E-state index in [0.29, 0.717) is 6.54 Å². The van der Waals surface area contributed by atoms with Gasteiger partial charge in [-0.15, -0.1) is 6.58 Å². The standard InChI is InChI=1S/C20H21N3O2S/c1-4-13-23-16(3)19(18-7-5-6-8-20(18)23)14-21-22-26(24,25)17-11-9-15(2)10-12-17/h4-12,14,22H,1,13H2,2-3H3/b21-14-. The molecule has 0 amide bonds. The highest BCUT2D eigenvalue weighted by molar-refractivity contribution is 7.89. The fourth-order valence-corrected chi connectivity index (χ4v) is 3.71. The van der Waals surface area contributed by atoms with Crippen LogP contribution < -0.4 is 4.83 Å². The summed E-state index contributed by atoms with van der Waals surface area (Å²) in [6.45, 7) is 8.37. The van der Waals surface area contributed by atoms with Crippen molar-refractivity contribution in [3.63, 3.8) is 0 Å². The van der Waals surface area contributed by atoms with Crippen LogP contribution >= 0.6 is 0 Å². The van der Waals surface area contributed by atoms with Gasteiger partial charge in [-0.05, 0) is 32.0 Å². The minimum Gasteiger partial charge on any atom is -0.340 e. The first-order valence-electron chi connectivity index (χ1n) is 8.24. The number of hydrazone groups is 1. The number of fused-ring (bicyclic) bond motifs is 1. The lowest BCUT2D eigenvalue weighted by Gasteiger charge is -2.04. The van der Waals surface area contributed by atoms with E-state index in [1.54, 1.807) is 30.5 Å². The van der Waals surface area contributed by atoms with Crippen molar-refractivity contribution in [2.45, 2.75) is 25.3 Å². The van der Waals surface area contributed by atoms with Crippen molar-refractivity contribution in [2.24, 2.45) is 5.10 Å². The van der Waals surface area contributed by atoms with Crippen molar-refractivity contribution in [1.29, 1.82) is 0 Å². The highest BCUT2D eigenvalue weighted by atomic mass is 32.2. The highest BCUT2D eigenvalue weighted by Crippen LogP contribution is 2.24. The fraction of sp³-hybridized carbons (Fsp3) is 0.150. The number of nitrogens with zero attached hydrogens (tertiary/aromatic N) is 2. The molecule has 6 heteroatoms. The minimum atomic E-state index is -3.69. The summed E-state index contributed by atoms with van der Waals surface area (Å²) in [6, 6.07) is 14.6. The minimum absolute atomic E-state index is 0.186. The number of aryl methyl sites for hydroxylation is 1. The second-order valence-electron chi connectivity index (χ2n) is 6.08. The van der Waals surface area contributed by atoms with Crippen LogP contribution in [0.15, 0.2) is 71.2 Å². The smallest absolute Gasteiger partial charge is 0.276 e. The van der Waals surface area contributed by atoms with Gasteiger partial charge in [0.15, 0.2) is 0 Å². The number of sulfonamides is 1. The molecule has 26 heavy (non-hydrogen) atoms. The monoisotopic (exact) mass is 367 g/mol. The van der Waals surface area contributed by atoms with Crippen molar-refractivity contribution >= 4 is 27.1 Å². The van der Waals surface area contributed by atoms with Gasteiger partial charge < -0.3 is 4.57 Å². The van der Waals surface area contributed by atoms with Crippen molar-refractivity contribution in [3.05, 3.63) is 78.0 Å². The van der Waals surface area contributed by atoms with Crippen LogP contribution in [-0.4, -0.2) is 19.2 Å². The first-order chi connectivity index (χ1) is 12.4. The average molecular weight is 367 g/mol. The molecule has 1 N–H and O–H groups in total. The number of allylic oxidation sites excluding steroid dienone is 1. The largest absolute Gasteiger partial charge is 0.340 e. The third kappa shape index (κ3) is 3.41. The maximum Gasteiger partial charge on any atom is 0.276 e. The molecule has 0 aliphatic rings. The van der Waals surface area contributed by atoms with Gasteiger partial charge in [0.1, 0.15) is 0 Å². The van der Waals surface area contributed by atoms with Crippen molar-refractivity contribution in [3.8, 4) is 0 Å². The molecule has 134 valence electrons. The number of hydrogen-bond donors (Lipinski definition) is 1. The average Bonchev–Trinajstić information content (AvgIpc) is 2.88. The van der Waals surface area contributed by atoms with Crippen LogP contribution in [0, 0.1) is 13.8 Å². The Bertz CT molecular complexity index is 1080. The molecule has 0 fully saturated rings. The summed E-state index contributed by atoms with van der Waals surface area (Å²) in [4.78, 5) is 2.47. The molecule has 0 radical (unpaired) electrons. The second kappa shape index (κ2) is 7.17. The molecule has 0 aliphatic heterocycles. The van der Waals surface area contributed by atoms with Gasteiger partial charge in [-0.2, -0.15) is 13.5 Å². The molecule has 0 aliphatic carbocycles. The highest BCUT2D eigenvalue weighted by Gasteiger charge is 2.14. The van der Waals surface area contributed by atoms with E-state index in [-0.39, 0.29) is 4.90 Å². The topological polar surface area (TPSA) is 63.5 Å². The molecule has 1 heterocycles. The Morgan fingerprint density at radius 2 is 1.81 bits per heavy atom. The predicted octanol–water partition coefficient (Wildman–Crippen LogP) is 3.76. The normalized spacial score (nSPS) is 11.9. The number of nitrogens with one attached hydrogen (secondary N) is 1. The number of rotatable bonds is 6. The maximum absolute atomic E-state index is 12.3. The van der Waals surface area contributed by atoms with Crippen LogP contribution in [-0.2, 0) is 16.6 Å². The third-order valence-corrected chi connectivity index (χ3v) is 5.53. The SMILES string of the molecule is C=CCn1c(C)c(/C=N\NS(=O)(=O)c2ccc(C)cc2)c2ccccc21. The molecule has 5 nitrogen and oxygen atoms in total. The Kier molecular flexibility index (Phi) is 4.95. The van der Waals surface area contributed by atoms with E-state index in [9.17, 15) is 8.42 Å². The quantitative estimate of drug-likeness (QED) is 0.410. The number of hydrogen-bond acceptors (Lipinski definition) is 3. The van der Waals surface area contributed by atoms with E-state index < -0.39 is 10.0 Å². The summed E-state index contributed by atoms with van der Waals surface area (Å²) in [5.41, 5.74) is 3.95. The molecule has 1 aromatic heterocycles. The van der Waals surface area contributed by atoms with Crippen molar-refractivity contribution in [2.75, 3.05) is 0 Å². The van der Waals surface area contributed by atoms with E-state index in [4.69, 9.17) is 0 Å². The summed E-state index contributed by atoms with van der Waals surface area (Å²) < 4.78 is 26.8. The number of aromatic nitrogens is 1. The zero-order valence-corrected chi connectivity index (χ0v) is 15.6. The lowest BCUT2D eigenvalue weighted by atomic mass is 10.1. The molecule has 0 spiro atoms. The molecule has 0 atom stereocenters. The Labute approximate surface area is 153 Å². The van der Waals surface area contributed by atoms with E-state index in [2.05, 4.69) is 21.1 Å². The van der Waals surface area contributed by atoms with Crippen LogP contribution in [0.25, 0.3) is 10.9 Å². The van der Waals surface area contributed by atoms with Gasteiger partial charge in [0, 0.05) is 28.7 Å². The second-order valence-corrected chi connectivity index (χ2v) is 7.74. The molecular formula is C20H21N3O2S. The molecule has 3 aromatic rings. The first kappa shape index (κ1) is 17.9. The van der Waals surface area contributed by atoms with Crippen LogP contribution in [0.3, 0.4) is 0 Å². The Hall–Kier alpha value is -2.86. The van der Waals surface area contributed by atoms with E-state index in [1.807, 2.05) is 44.2 Å². The van der Waals surface area contributed by atoms with E-state index in [1.165, 1.54) is 0 Å². The molecule has 0 saturated heterocycles. The summed E-state index contributed by atoms with van der Waals surface area (Å²) in [5.74, 6) is 0. The van der Waals surface area contributed by atoms with Crippen LogP contribution in [0.4, 0.5) is 0 Å². The molecular weight excluding hydrogens is 346 g/mol. The van der Waals surface area contributed by atoms with Crippen LogP contribution in [0.5, 0.6) is 0 Å². The molecule has 2 aromatic carbocycles. The Morgan fingerprint density at radius 3 is 2.50 bits per heavy atom. The summed E-state index contributed by atoms with van der Waals surface area (Å²) >= 11 is 0. The van der Waals surface area contributed by atoms with Gasteiger partial charge in [-0.3, -0.25) is 0 Å². The Balaban J connectivity index is 1.92. The number of benzene rings is 2. The summed E-state index contributed by atoms with van der Waals surface area (Å²) in [5, 5.41) is 5.01. The lowest BCUT2D eigenvalue weighted by molar-refractivity contribution is 0.584. The maximum atomic E-state index is 12.3. The van der Waals surface area contributed by atoms with Crippen LogP contribution in [0.1, 0.15) is 16.8 Å². The molecule has 3 rings (SSSR count). The van der Waals surface area contributed by atoms with Crippen molar-refractivity contribution < 1.29 is 8.42 Å². The third-order valence-electron chi connectivity index (χ3n) is 4.29. The predicted molar refractivity (Wildman–Crippen MR) is 106 cm³/mol. The first-order valence-corrected chi connectivity index (χ1v) is 9.72. The molecule has 0 bridgehead atoms. The van der Waals surface area contributed by atoms with Crippen molar-refractivity contribution in [1.82, 2.24) is 9.40 Å². The molecule has 0 unspecified atom stereocenters. The van der Waals surface area contributed by atoms with Gasteiger partial charge in [0.05, 0.1) is 11.1 Å². The van der Waals surface area contributed by atoms with Crippen LogP contribution in [0.2, 0.25) is 0 Å². The van der Waals surface area contributed by atoms with Gasteiger partial charge >= 0.3 is 0 Å². The fourth-order valence-electron chi connectivity index (χ4n) is 2.92. The van der Waals surface area contributed by atoms with E-state index in [0.717, 1.165) is 27.7 Å². The van der Waals surface area contributed by atoms with Gasteiger partial charge in [0.2, 0.25) is 0 Å². The van der Waals surface area contributed by atoms with Gasteiger partial charge in [-0.1, -0.05) is 42.0 Å². The zero-order chi connectivity index (χ0) is 18.7. The zero-order valence-electron chi connectivity index (χ0n) is 14.8. The number of para-hydroxylation sites is 1. The lowest BCUT2D eigenvalue weighted by Crippen LogP contribution is -2.18. The summed E-state index contributed by atoms with van der Waals surface area (Å²) in [6.07, 6.45) is 3.39. The van der Waals surface area contributed by atoms with Gasteiger partial charge in [-0.25, -0.2) is 4.83 Å². The van der Waals surface area contributed by atoms with Gasteiger partial charge in [0.25, 0.3) is 10.0 Å². The molecule has 0 saturated carbocycles. The van der Waals surface area contributed by atoms with E-state index >= 15 is 0 Å².